The lowest BCUT2D eigenvalue weighted by Crippen LogP contribution is -2.24. The highest BCUT2D eigenvalue weighted by atomic mass is 16.5. The molecule has 1 fully saturated rings. The summed E-state index contributed by atoms with van der Waals surface area (Å²) in [6, 6.07) is 1.26. The summed E-state index contributed by atoms with van der Waals surface area (Å²) in [5.41, 5.74) is 5.14. The molecule has 0 bridgehead atoms. The molecule has 0 aromatic carbocycles. The third kappa shape index (κ3) is 1.92. The van der Waals surface area contributed by atoms with Gasteiger partial charge in [-0.2, -0.15) is 4.98 Å². The number of aliphatic hydroxyl groups is 2. The Hall–Kier alpha value is -1.44. The predicted molar refractivity (Wildman–Crippen MR) is 54.5 cm³/mol. The molecule has 2 heterocycles. The van der Waals surface area contributed by atoms with Crippen LogP contribution in [0.1, 0.15) is 12.6 Å². The summed E-state index contributed by atoms with van der Waals surface area (Å²) < 4.78 is 6.83. The Labute approximate surface area is 91.1 Å². The van der Waals surface area contributed by atoms with Crippen LogP contribution in [0.25, 0.3) is 0 Å². The Bertz CT molecular complexity index is 433. The van der Waals surface area contributed by atoms with Crippen LogP contribution in [0, 0.1) is 0 Å². The molecular formula is C9H13N3O4. The Morgan fingerprint density at radius 2 is 2.44 bits per heavy atom. The highest BCUT2D eigenvalue weighted by Crippen LogP contribution is 2.29. The molecule has 0 saturated carbocycles. The van der Waals surface area contributed by atoms with Gasteiger partial charge in [-0.25, -0.2) is 0 Å². The zero-order valence-corrected chi connectivity index (χ0v) is 8.48. The van der Waals surface area contributed by atoms with E-state index in [2.05, 4.69) is 4.98 Å². The van der Waals surface area contributed by atoms with Crippen molar-refractivity contribution in [1.29, 1.82) is 0 Å². The van der Waals surface area contributed by atoms with E-state index >= 15 is 0 Å². The van der Waals surface area contributed by atoms with Crippen LogP contribution in [-0.2, 0) is 4.74 Å². The van der Waals surface area contributed by atoms with Crippen molar-refractivity contribution in [3.05, 3.63) is 22.6 Å². The maximum atomic E-state index is 10.9. The van der Waals surface area contributed by atoms with Crippen molar-refractivity contribution < 1.29 is 14.9 Å². The van der Waals surface area contributed by atoms with Gasteiger partial charge in [-0.05, 0) is 0 Å². The number of ether oxygens (including phenoxy) is 1. The van der Waals surface area contributed by atoms with Crippen molar-refractivity contribution in [1.82, 2.24) is 9.55 Å². The molecule has 88 valence electrons. The molecule has 1 aliphatic heterocycles. The van der Waals surface area contributed by atoms with Gasteiger partial charge in [-0.15, -0.1) is 0 Å². The zero-order chi connectivity index (χ0) is 11.7. The minimum atomic E-state index is -0.742. The van der Waals surface area contributed by atoms with Crippen molar-refractivity contribution in [2.24, 2.45) is 0 Å². The standard InChI is InChI=1S/C9H13N3O4/c10-9-11-7(15)1-2-12(9)8-3-5(14)6(4-13)16-8/h1-2,5-6,8,13-14H,3-4H2,(H2,10,11,15)/t5-,6?,8-/m1/s1. The summed E-state index contributed by atoms with van der Waals surface area (Å²) in [7, 11) is 0. The van der Waals surface area contributed by atoms with Crippen LogP contribution in [0.5, 0.6) is 0 Å². The summed E-state index contributed by atoms with van der Waals surface area (Å²) in [6.45, 7) is -0.259. The largest absolute Gasteiger partial charge is 0.394 e. The average Bonchev–Trinajstić information content (AvgIpc) is 2.59. The SMILES string of the molecule is Nc1nc(=O)ccn1[C@H]1C[C@@H](O)C(CO)O1. The highest BCUT2D eigenvalue weighted by molar-refractivity contribution is 5.17. The molecule has 7 heteroatoms. The summed E-state index contributed by atoms with van der Waals surface area (Å²) >= 11 is 0. The van der Waals surface area contributed by atoms with E-state index in [0.717, 1.165) is 0 Å². The fraction of sp³-hybridized carbons (Fsp3) is 0.556. The lowest BCUT2D eigenvalue weighted by Gasteiger charge is -2.16. The third-order valence-corrected chi connectivity index (χ3v) is 2.56. The third-order valence-electron chi connectivity index (χ3n) is 2.56. The number of nitrogen functional groups attached to an aromatic ring is 1. The minimum absolute atomic E-state index is 0.0308. The second-order valence-electron chi connectivity index (χ2n) is 3.65. The van der Waals surface area contributed by atoms with Crippen molar-refractivity contribution in [2.45, 2.75) is 24.9 Å². The van der Waals surface area contributed by atoms with Gasteiger partial charge in [0.25, 0.3) is 5.56 Å². The molecule has 1 aliphatic rings. The molecule has 1 unspecified atom stereocenters. The average molecular weight is 227 g/mol. The molecule has 0 spiro atoms. The van der Waals surface area contributed by atoms with Gasteiger partial charge in [0, 0.05) is 18.7 Å². The zero-order valence-electron chi connectivity index (χ0n) is 8.48. The van der Waals surface area contributed by atoms with E-state index in [1.165, 1.54) is 16.8 Å². The molecule has 0 amide bonds. The second-order valence-corrected chi connectivity index (χ2v) is 3.65. The smallest absolute Gasteiger partial charge is 0.274 e. The summed E-state index contributed by atoms with van der Waals surface area (Å²) in [5.74, 6) is 0.0308. The molecule has 4 N–H and O–H groups in total. The maximum absolute atomic E-state index is 10.9. The van der Waals surface area contributed by atoms with Gasteiger partial charge in [0.15, 0.2) is 0 Å². The predicted octanol–water partition coefficient (Wildman–Crippen LogP) is -1.53. The van der Waals surface area contributed by atoms with E-state index in [4.69, 9.17) is 15.6 Å². The molecule has 3 atom stereocenters. The molecule has 7 nitrogen and oxygen atoms in total. The lowest BCUT2D eigenvalue weighted by molar-refractivity contribution is -0.0440. The fourth-order valence-corrected chi connectivity index (χ4v) is 1.72. The molecule has 1 saturated heterocycles. The first kappa shape index (κ1) is 11.1. The van der Waals surface area contributed by atoms with E-state index in [1.807, 2.05) is 0 Å². The molecule has 1 aromatic rings. The Kier molecular flexibility index (Phi) is 2.90. The topological polar surface area (TPSA) is 111 Å². The molecule has 0 radical (unpaired) electrons. The number of hydrogen-bond acceptors (Lipinski definition) is 6. The van der Waals surface area contributed by atoms with Gasteiger partial charge in [-0.3, -0.25) is 9.36 Å². The van der Waals surface area contributed by atoms with Crippen molar-refractivity contribution in [3.8, 4) is 0 Å². The molecule has 2 rings (SSSR count). The first-order chi connectivity index (χ1) is 7.61. The van der Waals surface area contributed by atoms with E-state index in [-0.39, 0.29) is 12.6 Å². The van der Waals surface area contributed by atoms with Gasteiger partial charge < -0.3 is 20.7 Å². The highest BCUT2D eigenvalue weighted by Gasteiger charge is 2.34. The van der Waals surface area contributed by atoms with Crippen LogP contribution in [-0.4, -0.2) is 38.6 Å². The van der Waals surface area contributed by atoms with Crippen LogP contribution < -0.4 is 11.3 Å². The number of aromatic nitrogens is 2. The van der Waals surface area contributed by atoms with Crippen molar-refractivity contribution in [2.75, 3.05) is 12.3 Å². The van der Waals surface area contributed by atoms with Crippen molar-refractivity contribution >= 4 is 5.95 Å². The van der Waals surface area contributed by atoms with Gasteiger partial charge in [-0.1, -0.05) is 0 Å². The maximum Gasteiger partial charge on any atom is 0.274 e. The minimum Gasteiger partial charge on any atom is -0.394 e. The number of hydrogen-bond donors (Lipinski definition) is 3. The monoisotopic (exact) mass is 227 g/mol. The van der Waals surface area contributed by atoms with E-state index in [1.54, 1.807) is 0 Å². The molecule has 0 aliphatic carbocycles. The number of anilines is 1. The van der Waals surface area contributed by atoms with Crippen LogP contribution in [0.3, 0.4) is 0 Å². The summed E-state index contributed by atoms with van der Waals surface area (Å²) in [5, 5.41) is 18.5. The summed E-state index contributed by atoms with van der Waals surface area (Å²) in [4.78, 5) is 14.5. The Morgan fingerprint density at radius 3 is 3.00 bits per heavy atom. The van der Waals surface area contributed by atoms with Crippen LogP contribution >= 0.6 is 0 Å². The summed E-state index contributed by atoms with van der Waals surface area (Å²) in [6.07, 6.45) is -0.0974. The molecule has 1 aromatic heterocycles. The van der Waals surface area contributed by atoms with Gasteiger partial charge in [0.2, 0.25) is 5.95 Å². The molecule has 16 heavy (non-hydrogen) atoms. The van der Waals surface area contributed by atoms with Gasteiger partial charge >= 0.3 is 0 Å². The number of nitrogens with two attached hydrogens (primary N) is 1. The number of nitrogens with zero attached hydrogens (tertiary/aromatic N) is 2. The first-order valence-corrected chi connectivity index (χ1v) is 4.91. The quantitative estimate of drug-likeness (QED) is 0.565. The Balaban J connectivity index is 2.23. The van der Waals surface area contributed by atoms with Crippen LogP contribution in [0.4, 0.5) is 5.95 Å². The van der Waals surface area contributed by atoms with Crippen LogP contribution in [0.15, 0.2) is 17.1 Å². The van der Waals surface area contributed by atoms with E-state index in [9.17, 15) is 9.90 Å². The lowest BCUT2D eigenvalue weighted by atomic mass is 10.2. The first-order valence-electron chi connectivity index (χ1n) is 4.91. The fourth-order valence-electron chi connectivity index (χ4n) is 1.72. The van der Waals surface area contributed by atoms with E-state index in [0.29, 0.717) is 6.42 Å². The van der Waals surface area contributed by atoms with E-state index < -0.39 is 24.0 Å². The number of rotatable bonds is 2. The van der Waals surface area contributed by atoms with Gasteiger partial charge in [0.1, 0.15) is 12.3 Å². The van der Waals surface area contributed by atoms with Crippen molar-refractivity contribution in [3.63, 3.8) is 0 Å². The Morgan fingerprint density at radius 1 is 1.69 bits per heavy atom. The molecular weight excluding hydrogens is 214 g/mol. The normalized spacial score (nSPS) is 29.5. The number of aliphatic hydroxyl groups excluding tert-OH is 2. The van der Waals surface area contributed by atoms with Gasteiger partial charge in [0.05, 0.1) is 12.7 Å². The second kappa shape index (κ2) is 4.20. The van der Waals surface area contributed by atoms with Crippen LogP contribution in [0.2, 0.25) is 0 Å².